The van der Waals surface area contributed by atoms with Gasteiger partial charge < -0.3 is 10.1 Å². The summed E-state index contributed by atoms with van der Waals surface area (Å²) < 4.78 is 5.68. The second-order valence-corrected chi connectivity index (χ2v) is 6.50. The Labute approximate surface area is 137 Å². The Kier molecular flexibility index (Phi) is 3.67. The second kappa shape index (κ2) is 5.96. The monoisotopic (exact) mass is 325 g/mol. The van der Waals surface area contributed by atoms with Crippen molar-refractivity contribution in [1.82, 2.24) is 9.97 Å². The van der Waals surface area contributed by atoms with Crippen LogP contribution in [0.3, 0.4) is 0 Å². The van der Waals surface area contributed by atoms with E-state index in [1.54, 1.807) is 11.3 Å². The number of anilines is 1. The van der Waals surface area contributed by atoms with Gasteiger partial charge in [0.25, 0.3) is 5.91 Å². The van der Waals surface area contributed by atoms with Crippen molar-refractivity contribution in [3.63, 3.8) is 0 Å². The second-order valence-electron chi connectivity index (χ2n) is 5.42. The molecular formula is C17H15N3O2S. The number of amides is 1. The number of ether oxygens (including phenoxy) is 1. The summed E-state index contributed by atoms with van der Waals surface area (Å²) in [4.78, 5) is 22.9. The quantitative estimate of drug-likeness (QED) is 0.800. The molecule has 1 aliphatic carbocycles. The zero-order chi connectivity index (χ0) is 15.6. The van der Waals surface area contributed by atoms with Crippen LogP contribution in [0.4, 0.5) is 5.69 Å². The van der Waals surface area contributed by atoms with E-state index in [4.69, 9.17) is 4.74 Å². The molecule has 0 fully saturated rings. The number of benzene rings is 1. The van der Waals surface area contributed by atoms with Gasteiger partial charge in [-0.1, -0.05) is 18.2 Å². The van der Waals surface area contributed by atoms with Crippen LogP contribution in [0, 0.1) is 0 Å². The van der Waals surface area contributed by atoms with Crippen LogP contribution < -0.4 is 10.1 Å². The molecule has 1 aromatic carbocycles. The lowest BCUT2D eigenvalue weighted by Crippen LogP contribution is -2.20. The Morgan fingerprint density at radius 1 is 1.22 bits per heavy atom. The number of aryl methyl sites for hydroxylation is 2. The number of carbonyl (C=O) groups excluding carboxylic acids is 1. The zero-order valence-electron chi connectivity index (χ0n) is 12.4. The number of hydrogen-bond acceptors (Lipinski definition) is 5. The maximum absolute atomic E-state index is 12.0. The van der Waals surface area contributed by atoms with Gasteiger partial charge in [-0.3, -0.25) is 4.79 Å². The fraction of sp³-hybridized carbons (Fsp3) is 0.235. The van der Waals surface area contributed by atoms with Crippen molar-refractivity contribution in [2.45, 2.75) is 19.3 Å². The van der Waals surface area contributed by atoms with Crippen LogP contribution in [-0.2, 0) is 17.6 Å². The molecule has 1 N–H and O–H groups in total. The molecule has 0 radical (unpaired) electrons. The highest BCUT2D eigenvalue weighted by Gasteiger charge is 2.22. The standard InChI is InChI=1S/C17H15N3O2S/c21-14(20-11-5-2-1-3-6-11)9-22-16-15-12-7-4-8-13(12)23-17(15)19-10-18-16/h1-3,5-6,10H,4,7-9H2,(H,20,21). The lowest BCUT2D eigenvalue weighted by molar-refractivity contribution is -0.118. The van der Waals surface area contributed by atoms with Gasteiger partial charge in [0.15, 0.2) is 6.61 Å². The lowest BCUT2D eigenvalue weighted by Gasteiger charge is -2.08. The highest BCUT2D eigenvalue weighted by atomic mass is 32.1. The molecule has 23 heavy (non-hydrogen) atoms. The first-order valence-corrected chi connectivity index (χ1v) is 8.36. The minimum atomic E-state index is -0.199. The number of hydrogen-bond donors (Lipinski definition) is 1. The maximum atomic E-state index is 12.0. The molecule has 116 valence electrons. The third-order valence-electron chi connectivity index (χ3n) is 3.86. The van der Waals surface area contributed by atoms with Crippen molar-refractivity contribution in [2.24, 2.45) is 0 Å². The molecule has 4 rings (SSSR count). The lowest BCUT2D eigenvalue weighted by atomic mass is 10.2. The molecule has 1 aliphatic rings. The molecule has 6 heteroatoms. The first-order valence-electron chi connectivity index (χ1n) is 7.54. The molecule has 3 aromatic rings. The van der Waals surface area contributed by atoms with Crippen LogP contribution in [0.15, 0.2) is 36.7 Å². The summed E-state index contributed by atoms with van der Waals surface area (Å²) in [6.45, 7) is -0.0639. The molecule has 0 aliphatic heterocycles. The number of aromatic nitrogens is 2. The summed E-state index contributed by atoms with van der Waals surface area (Å²) in [5.41, 5.74) is 2.05. The predicted octanol–water partition coefficient (Wildman–Crippen LogP) is 3.20. The van der Waals surface area contributed by atoms with E-state index in [1.807, 2.05) is 30.3 Å². The number of thiophene rings is 1. The van der Waals surface area contributed by atoms with Gasteiger partial charge in [0.2, 0.25) is 5.88 Å². The molecular weight excluding hydrogens is 310 g/mol. The minimum absolute atomic E-state index is 0.0639. The highest BCUT2D eigenvalue weighted by Crippen LogP contribution is 2.39. The van der Waals surface area contributed by atoms with Gasteiger partial charge in [-0.05, 0) is 37.0 Å². The van der Waals surface area contributed by atoms with E-state index in [1.165, 1.54) is 23.2 Å². The topological polar surface area (TPSA) is 64.1 Å². The predicted molar refractivity (Wildman–Crippen MR) is 90.0 cm³/mol. The van der Waals surface area contributed by atoms with E-state index in [2.05, 4.69) is 15.3 Å². The number of nitrogens with zero attached hydrogens (tertiary/aromatic N) is 2. The van der Waals surface area contributed by atoms with Gasteiger partial charge in [-0.15, -0.1) is 11.3 Å². The van der Waals surface area contributed by atoms with E-state index in [0.717, 1.165) is 28.7 Å². The van der Waals surface area contributed by atoms with E-state index in [9.17, 15) is 4.79 Å². The highest BCUT2D eigenvalue weighted by molar-refractivity contribution is 7.18. The molecule has 5 nitrogen and oxygen atoms in total. The van der Waals surface area contributed by atoms with Crippen molar-refractivity contribution in [3.8, 4) is 5.88 Å². The Balaban J connectivity index is 1.51. The molecule has 2 heterocycles. The van der Waals surface area contributed by atoms with Crippen molar-refractivity contribution in [1.29, 1.82) is 0 Å². The fourth-order valence-electron chi connectivity index (χ4n) is 2.86. The van der Waals surface area contributed by atoms with Gasteiger partial charge in [-0.2, -0.15) is 0 Å². The molecule has 1 amide bonds. The van der Waals surface area contributed by atoms with Crippen molar-refractivity contribution in [2.75, 3.05) is 11.9 Å². The number of para-hydroxylation sites is 1. The average Bonchev–Trinajstić information content (AvgIpc) is 3.14. The Morgan fingerprint density at radius 2 is 2.09 bits per heavy atom. The average molecular weight is 325 g/mol. The third kappa shape index (κ3) is 2.77. The Bertz CT molecular complexity index is 861. The van der Waals surface area contributed by atoms with Gasteiger partial charge in [0.05, 0.1) is 5.39 Å². The normalized spacial score (nSPS) is 13.0. The Morgan fingerprint density at radius 3 is 2.96 bits per heavy atom. The molecule has 0 saturated carbocycles. The van der Waals surface area contributed by atoms with Crippen LogP contribution in [0.2, 0.25) is 0 Å². The van der Waals surface area contributed by atoms with E-state index in [0.29, 0.717) is 5.88 Å². The smallest absolute Gasteiger partial charge is 0.262 e. The van der Waals surface area contributed by atoms with Crippen molar-refractivity contribution < 1.29 is 9.53 Å². The summed E-state index contributed by atoms with van der Waals surface area (Å²) in [7, 11) is 0. The molecule has 2 aromatic heterocycles. The SMILES string of the molecule is O=C(COc1ncnc2sc3c(c12)CCC3)Nc1ccccc1. The van der Waals surface area contributed by atoms with E-state index in [-0.39, 0.29) is 12.5 Å². The van der Waals surface area contributed by atoms with Crippen LogP contribution in [-0.4, -0.2) is 22.5 Å². The van der Waals surface area contributed by atoms with Crippen molar-refractivity contribution >= 4 is 33.1 Å². The summed E-state index contributed by atoms with van der Waals surface area (Å²) in [5, 5.41) is 3.79. The number of rotatable bonds is 4. The summed E-state index contributed by atoms with van der Waals surface area (Å²) >= 11 is 1.71. The van der Waals surface area contributed by atoms with Crippen LogP contribution in [0.1, 0.15) is 16.9 Å². The van der Waals surface area contributed by atoms with Gasteiger partial charge >= 0.3 is 0 Å². The molecule has 0 atom stereocenters. The fourth-order valence-corrected chi connectivity index (χ4v) is 4.08. The van der Waals surface area contributed by atoms with Crippen LogP contribution >= 0.6 is 11.3 Å². The first-order chi connectivity index (χ1) is 11.3. The van der Waals surface area contributed by atoms with Gasteiger partial charge in [0, 0.05) is 10.6 Å². The van der Waals surface area contributed by atoms with Crippen LogP contribution in [0.5, 0.6) is 5.88 Å². The first kappa shape index (κ1) is 14.1. The third-order valence-corrected chi connectivity index (χ3v) is 5.06. The summed E-state index contributed by atoms with van der Waals surface area (Å²) in [6.07, 6.45) is 4.80. The number of nitrogens with one attached hydrogen (secondary N) is 1. The number of carbonyl (C=O) groups is 1. The number of fused-ring (bicyclic) bond motifs is 3. The molecule has 0 spiro atoms. The maximum Gasteiger partial charge on any atom is 0.262 e. The Hall–Kier alpha value is -2.47. The van der Waals surface area contributed by atoms with Gasteiger partial charge in [-0.25, -0.2) is 9.97 Å². The minimum Gasteiger partial charge on any atom is -0.467 e. The summed E-state index contributed by atoms with van der Waals surface area (Å²) in [6, 6.07) is 9.33. The van der Waals surface area contributed by atoms with E-state index < -0.39 is 0 Å². The largest absolute Gasteiger partial charge is 0.467 e. The molecule has 0 saturated heterocycles. The molecule has 0 bridgehead atoms. The zero-order valence-corrected chi connectivity index (χ0v) is 13.2. The van der Waals surface area contributed by atoms with E-state index >= 15 is 0 Å². The van der Waals surface area contributed by atoms with Crippen LogP contribution in [0.25, 0.3) is 10.2 Å². The molecule has 0 unspecified atom stereocenters. The van der Waals surface area contributed by atoms with Gasteiger partial charge in [0.1, 0.15) is 11.2 Å². The summed E-state index contributed by atoms with van der Waals surface area (Å²) in [5.74, 6) is 0.312. The van der Waals surface area contributed by atoms with Crippen molar-refractivity contribution in [3.05, 3.63) is 47.1 Å².